The Kier molecular flexibility index (Phi) is 9.00. The summed E-state index contributed by atoms with van der Waals surface area (Å²) in [4.78, 5) is 53.1. The summed E-state index contributed by atoms with van der Waals surface area (Å²) in [5.74, 6) is 0.0324. The second kappa shape index (κ2) is 11.7. The molecule has 2 aliphatic rings. The van der Waals surface area contributed by atoms with E-state index < -0.39 is 5.41 Å². The molecule has 0 bridgehead atoms. The SMILES string of the molecule is Br.CCOc1cc2c(cc1CC(=O)NC)C(=N)N(CC(=O)c1ccc(N3C(=O)CCC3=O)c(C(C)(C)C)c1)C2. The number of carbonyl (C=O) groups excluding carboxylic acids is 4. The zero-order chi connectivity index (χ0) is 27.8. The van der Waals surface area contributed by atoms with Crippen molar-refractivity contribution in [1.29, 1.82) is 5.41 Å². The number of carbonyl (C=O) groups is 4. The maximum Gasteiger partial charge on any atom is 0.234 e. The van der Waals surface area contributed by atoms with Crippen LogP contribution in [0.2, 0.25) is 0 Å². The number of ketones is 1. The van der Waals surface area contributed by atoms with Gasteiger partial charge >= 0.3 is 0 Å². The van der Waals surface area contributed by atoms with Crippen molar-refractivity contribution in [2.45, 2.75) is 58.9 Å². The van der Waals surface area contributed by atoms with Gasteiger partial charge in [0.2, 0.25) is 17.7 Å². The molecule has 2 aromatic carbocycles. The molecule has 2 N–H and O–H groups in total. The van der Waals surface area contributed by atoms with Gasteiger partial charge < -0.3 is 15.0 Å². The standard InChI is InChI=1S/C29H34N4O5.BrH/c1-6-38-24-13-19-15-32(28(30)20(19)11-18(24)14-25(35)31-5)16-23(34)17-7-8-22(21(12-17)29(2,3)4)33-26(36)9-10-27(33)37;/h7-8,11-13,30H,6,9-10,14-16H2,1-5H3,(H,31,35);1H. The Morgan fingerprint density at radius 1 is 1.08 bits per heavy atom. The average Bonchev–Trinajstić information content (AvgIpc) is 3.35. The lowest BCUT2D eigenvalue weighted by Crippen LogP contribution is -2.32. The second-order valence-electron chi connectivity index (χ2n) is 10.6. The number of hydrogen-bond donors (Lipinski definition) is 2. The van der Waals surface area contributed by atoms with Crippen LogP contribution in [0.4, 0.5) is 5.69 Å². The Balaban J connectivity index is 0.00000420. The van der Waals surface area contributed by atoms with E-state index in [1.54, 1.807) is 36.2 Å². The smallest absolute Gasteiger partial charge is 0.234 e. The zero-order valence-corrected chi connectivity index (χ0v) is 24.7. The number of benzene rings is 2. The Morgan fingerprint density at radius 2 is 1.74 bits per heavy atom. The number of amidine groups is 1. The van der Waals surface area contributed by atoms with Crippen molar-refractivity contribution >= 4 is 52.0 Å². The second-order valence-corrected chi connectivity index (χ2v) is 10.6. The summed E-state index contributed by atoms with van der Waals surface area (Å²) in [6.07, 6.45) is 0.516. The Labute approximate surface area is 239 Å². The van der Waals surface area contributed by atoms with Crippen LogP contribution in [0.25, 0.3) is 0 Å². The van der Waals surface area contributed by atoms with Gasteiger partial charge in [0.1, 0.15) is 11.6 Å². The molecular formula is C29H35BrN4O5. The molecule has 0 radical (unpaired) electrons. The number of nitrogens with one attached hydrogen (secondary N) is 2. The van der Waals surface area contributed by atoms with Crippen molar-refractivity contribution in [3.05, 3.63) is 58.1 Å². The molecule has 0 saturated carbocycles. The summed E-state index contributed by atoms with van der Waals surface area (Å²) in [7, 11) is 1.57. The number of Topliss-reactive ketones (excluding diaryl/α,β-unsaturated/α-hetero) is 1. The lowest BCUT2D eigenvalue weighted by Gasteiger charge is -2.27. The van der Waals surface area contributed by atoms with Gasteiger partial charge in [0.25, 0.3) is 0 Å². The summed E-state index contributed by atoms with van der Waals surface area (Å²) >= 11 is 0. The summed E-state index contributed by atoms with van der Waals surface area (Å²) in [5.41, 5.74) is 3.54. The first kappa shape index (κ1) is 30.0. The fraction of sp³-hybridized carbons (Fsp3) is 0.414. The van der Waals surface area contributed by atoms with Crippen molar-refractivity contribution in [3.63, 3.8) is 0 Å². The summed E-state index contributed by atoms with van der Waals surface area (Å²) in [6.45, 7) is 8.61. The van der Waals surface area contributed by atoms with Crippen molar-refractivity contribution in [1.82, 2.24) is 10.2 Å². The molecule has 208 valence electrons. The molecule has 9 nitrogen and oxygen atoms in total. The molecule has 1 saturated heterocycles. The number of amides is 3. The molecular weight excluding hydrogens is 564 g/mol. The van der Waals surface area contributed by atoms with Gasteiger partial charge in [-0.05, 0) is 53.8 Å². The van der Waals surface area contributed by atoms with E-state index in [1.165, 1.54) is 4.90 Å². The molecule has 0 aliphatic carbocycles. The molecule has 0 unspecified atom stereocenters. The number of halogens is 1. The fourth-order valence-corrected chi connectivity index (χ4v) is 4.91. The average molecular weight is 600 g/mol. The van der Waals surface area contributed by atoms with Crippen LogP contribution in [0.5, 0.6) is 5.75 Å². The fourth-order valence-electron chi connectivity index (χ4n) is 4.91. The van der Waals surface area contributed by atoms with Gasteiger partial charge in [-0.3, -0.25) is 29.5 Å². The number of hydrogen-bond acceptors (Lipinski definition) is 6. The minimum absolute atomic E-state index is 0. The summed E-state index contributed by atoms with van der Waals surface area (Å²) < 4.78 is 5.75. The Hall–Kier alpha value is -3.53. The molecule has 10 heteroatoms. The molecule has 1 fully saturated rings. The normalized spacial score (nSPS) is 14.8. The molecule has 2 heterocycles. The first-order valence-electron chi connectivity index (χ1n) is 12.8. The van der Waals surface area contributed by atoms with Gasteiger partial charge in [0.15, 0.2) is 5.78 Å². The highest BCUT2D eigenvalue weighted by molar-refractivity contribution is 8.93. The van der Waals surface area contributed by atoms with E-state index in [0.29, 0.717) is 41.3 Å². The predicted octanol–water partition coefficient (Wildman–Crippen LogP) is 3.93. The number of anilines is 1. The van der Waals surface area contributed by atoms with E-state index in [2.05, 4.69) is 5.32 Å². The maximum atomic E-state index is 13.4. The van der Waals surface area contributed by atoms with Gasteiger partial charge in [0, 0.05) is 43.1 Å². The lowest BCUT2D eigenvalue weighted by atomic mass is 9.84. The zero-order valence-electron chi connectivity index (χ0n) is 23.0. The van der Waals surface area contributed by atoms with Crippen molar-refractivity contribution in [2.24, 2.45) is 0 Å². The monoisotopic (exact) mass is 598 g/mol. The van der Waals surface area contributed by atoms with E-state index >= 15 is 0 Å². The number of rotatable bonds is 8. The van der Waals surface area contributed by atoms with Crippen LogP contribution in [0.3, 0.4) is 0 Å². The van der Waals surface area contributed by atoms with Crippen molar-refractivity contribution in [3.8, 4) is 5.75 Å². The molecule has 39 heavy (non-hydrogen) atoms. The minimum Gasteiger partial charge on any atom is -0.494 e. The third kappa shape index (κ3) is 6.06. The van der Waals surface area contributed by atoms with E-state index in [4.69, 9.17) is 10.1 Å². The van der Waals surface area contributed by atoms with E-state index in [0.717, 1.165) is 11.1 Å². The number of nitrogens with zero attached hydrogens (tertiary/aromatic N) is 2. The summed E-state index contributed by atoms with van der Waals surface area (Å²) in [6, 6.07) is 8.75. The van der Waals surface area contributed by atoms with Gasteiger partial charge in [-0.25, -0.2) is 0 Å². The highest BCUT2D eigenvalue weighted by Gasteiger charge is 2.35. The van der Waals surface area contributed by atoms with E-state index in [9.17, 15) is 19.2 Å². The number of fused-ring (bicyclic) bond motifs is 1. The molecule has 4 rings (SSSR count). The lowest BCUT2D eigenvalue weighted by molar-refractivity contribution is -0.121. The molecule has 2 aliphatic heterocycles. The Bertz CT molecular complexity index is 1330. The topological polar surface area (TPSA) is 120 Å². The summed E-state index contributed by atoms with van der Waals surface area (Å²) in [5, 5.41) is 11.3. The third-order valence-electron chi connectivity index (χ3n) is 6.90. The van der Waals surface area contributed by atoms with E-state index in [-0.39, 0.29) is 72.1 Å². The quantitative estimate of drug-likeness (QED) is 0.351. The highest BCUT2D eigenvalue weighted by atomic mass is 79.9. The Morgan fingerprint density at radius 3 is 2.33 bits per heavy atom. The number of likely N-dealkylation sites (N-methyl/N-ethyl adjacent to an activating group) is 1. The maximum absolute atomic E-state index is 13.4. The van der Waals surface area contributed by atoms with Crippen LogP contribution < -0.4 is 15.0 Å². The van der Waals surface area contributed by atoms with Crippen molar-refractivity contribution < 1.29 is 23.9 Å². The number of imide groups is 1. The van der Waals surface area contributed by atoms with Crippen LogP contribution >= 0.6 is 17.0 Å². The number of ether oxygens (including phenoxy) is 1. The van der Waals surface area contributed by atoms with Crippen molar-refractivity contribution in [2.75, 3.05) is 25.1 Å². The van der Waals surface area contributed by atoms with Gasteiger partial charge in [-0.15, -0.1) is 17.0 Å². The molecule has 0 aromatic heterocycles. The molecule has 2 aromatic rings. The molecule has 3 amide bonds. The van der Waals surface area contributed by atoms with Crippen LogP contribution in [0.1, 0.15) is 73.1 Å². The largest absolute Gasteiger partial charge is 0.494 e. The van der Waals surface area contributed by atoms with Gasteiger partial charge in [-0.2, -0.15) is 0 Å². The minimum atomic E-state index is -0.414. The van der Waals surface area contributed by atoms with Crippen LogP contribution in [-0.4, -0.2) is 54.4 Å². The van der Waals surface area contributed by atoms with E-state index in [1.807, 2.05) is 33.8 Å². The highest BCUT2D eigenvalue weighted by Crippen LogP contribution is 2.36. The molecule has 0 atom stereocenters. The van der Waals surface area contributed by atoms with Crippen LogP contribution in [-0.2, 0) is 32.8 Å². The molecule has 0 spiro atoms. The van der Waals surface area contributed by atoms with Gasteiger partial charge in [0.05, 0.1) is 25.3 Å². The van der Waals surface area contributed by atoms with Gasteiger partial charge in [-0.1, -0.05) is 20.8 Å². The van der Waals surface area contributed by atoms with Crippen LogP contribution in [0, 0.1) is 5.41 Å². The predicted molar refractivity (Wildman–Crippen MR) is 154 cm³/mol. The third-order valence-corrected chi connectivity index (χ3v) is 6.90. The first-order chi connectivity index (χ1) is 17.9. The first-order valence-corrected chi connectivity index (χ1v) is 12.8. The van der Waals surface area contributed by atoms with Crippen LogP contribution in [0.15, 0.2) is 30.3 Å².